The van der Waals surface area contributed by atoms with Crippen molar-refractivity contribution in [2.75, 3.05) is 33.4 Å². The molecule has 1 aromatic carbocycles. The zero-order valence-corrected chi connectivity index (χ0v) is 15.4. The SMILES string of the molecule is COCCOCc1nc(C2CCN(C(=O)Cc3cccc(F)c3)CC2)no1. The van der Waals surface area contributed by atoms with Gasteiger partial charge in [0.15, 0.2) is 5.82 Å². The van der Waals surface area contributed by atoms with Crippen molar-refractivity contribution in [3.8, 4) is 0 Å². The molecule has 1 aromatic heterocycles. The quantitative estimate of drug-likeness (QED) is 0.657. The lowest BCUT2D eigenvalue weighted by Crippen LogP contribution is -2.39. The van der Waals surface area contributed by atoms with Gasteiger partial charge in [-0.1, -0.05) is 17.3 Å². The van der Waals surface area contributed by atoms with Gasteiger partial charge in [0.05, 0.1) is 19.6 Å². The van der Waals surface area contributed by atoms with Gasteiger partial charge in [-0.2, -0.15) is 4.98 Å². The van der Waals surface area contributed by atoms with Crippen LogP contribution in [0.3, 0.4) is 0 Å². The summed E-state index contributed by atoms with van der Waals surface area (Å²) in [5.74, 6) is 0.973. The second kappa shape index (κ2) is 9.57. The number of hydrogen-bond acceptors (Lipinski definition) is 6. The van der Waals surface area contributed by atoms with Gasteiger partial charge in [-0.05, 0) is 30.5 Å². The predicted molar refractivity (Wildman–Crippen MR) is 94.5 cm³/mol. The molecule has 0 radical (unpaired) electrons. The molecule has 1 amide bonds. The molecule has 0 N–H and O–H groups in total. The Bertz CT molecular complexity index is 744. The Hall–Kier alpha value is -2.32. The highest BCUT2D eigenvalue weighted by atomic mass is 19.1. The Morgan fingerprint density at radius 2 is 2.15 bits per heavy atom. The molecular weight excluding hydrogens is 353 g/mol. The highest BCUT2D eigenvalue weighted by molar-refractivity contribution is 5.78. The summed E-state index contributed by atoms with van der Waals surface area (Å²) in [6, 6.07) is 6.17. The van der Waals surface area contributed by atoms with Crippen LogP contribution in [0.25, 0.3) is 0 Å². The molecule has 27 heavy (non-hydrogen) atoms. The lowest BCUT2D eigenvalue weighted by atomic mass is 9.95. The lowest BCUT2D eigenvalue weighted by molar-refractivity contribution is -0.131. The van der Waals surface area contributed by atoms with Gasteiger partial charge in [0.1, 0.15) is 12.4 Å². The van der Waals surface area contributed by atoms with E-state index < -0.39 is 0 Å². The molecule has 146 valence electrons. The van der Waals surface area contributed by atoms with Crippen molar-refractivity contribution in [3.05, 3.63) is 47.4 Å². The summed E-state index contributed by atoms with van der Waals surface area (Å²) in [7, 11) is 1.61. The van der Waals surface area contributed by atoms with E-state index in [1.165, 1.54) is 12.1 Å². The highest BCUT2D eigenvalue weighted by Gasteiger charge is 2.27. The third-order valence-electron chi connectivity index (χ3n) is 4.60. The van der Waals surface area contributed by atoms with Crippen LogP contribution in [-0.2, 0) is 27.3 Å². The normalized spacial score (nSPS) is 15.3. The fourth-order valence-electron chi connectivity index (χ4n) is 3.11. The van der Waals surface area contributed by atoms with E-state index in [0.717, 1.165) is 12.8 Å². The number of halogens is 1. The van der Waals surface area contributed by atoms with Crippen molar-refractivity contribution in [1.29, 1.82) is 0 Å². The number of hydrogen-bond donors (Lipinski definition) is 0. The standard InChI is InChI=1S/C19H24FN3O4/c1-25-9-10-26-13-17-21-19(22-27-17)15-5-7-23(8-6-15)18(24)12-14-3-2-4-16(20)11-14/h2-4,11,15H,5-10,12-13H2,1H3. The van der Waals surface area contributed by atoms with E-state index in [1.807, 2.05) is 4.90 Å². The van der Waals surface area contributed by atoms with Crippen LogP contribution in [0.15, 0.2) is 28.8 Å². The van der Waals surface area contributed by atoms with Gasteiger partial charge < -0.3 is 18.9 Å². The number of rotatable bonds is 8. The molecule has 1 aliphatic rings. The molecule has 0 unspecified atom stereocenters. The van der Waals surface area contributed by atoms with Crippen LogP contribution in [-0.4, -0.2) is 54.4 Å². The minimum atomic E-state index is -0.321. The Morgan fingerprint density at radius 1 is 1.33 bits per heavy atom. The van der Waals surface area contributed by atoms with Crippen LogP contribution in [0.5, 0.6) is 0 Å². The largest absolute Gasteiger partial charge is 0.382 e. The van der Waals surface area contributed by atoms with E-state index in [9.17, 15) is 9.18 Å². The summed E-state index contributed by atoms with van der Waals surface area (Å²) in [6.07, 6.45) is 1.77. The van der Waals surface area contributed by atoms with Gasteiger partial charge in [-0.25, -0.2) is 4.39 Å². The van der Waals surface area contributed by atoms with Crippen molar-refractivity contribution >= 4 is 5.91 Å². The number of aromatic nitrogens is 2. The summed E-state index contributed by atoms with van der Waals surface area (Å²) < 4.78 is 28.8. The third-order valence-corrected chi connectivity index (χ3v) is 4.60. The van der Waals surface area contributed by atoms with Crippen LogP contribution in [0.2, 0.25) is 0 Å². The number of carbonyl (C=O) groups is 1. The zero-order valence-electron chi connectivity index (χ0n) is 15.4. The first-order valence-electron chi connectivity index (χ1n) is 9.07. The maximum atomic E-state index is 13.3. The second-order valence-electron chi connectivity index (χ2n) is 6.55. The fraction of sp³-hybridized carbons (Fsp3) is 0.526. The maximum Gasteiger partial charge on any atom is 0.252 e. The van der Waals surface area contributed by atoms with Crippen LogP contribution >= 0.6 is 0 Å². The van der Waals surface area contributed by atoms with Gasteiger partial charge in [-0.3, -0.25) is 4.79 Å². The molecule has 0 spiro atoms. The summed E-state index contributed by atoms with van der Waals surface area (Å²) in [6.45, 7) is 2.52. The maximum absolute atomic E-state index is 13.3. The summed E-state index contributed by atoms with van der Waals surface area (Å²) in [4.78, 5) is 18.6. The minimum absolute atomic E-state index is 0.0133. The molecule has 7 nitrogen and oxygen atoms in total. The number of carbonyl (C=O) groups excluding carboxylic acids is 1. The number of ether oxygens (including phenoxy) is 2. The zero-order chi connectivity index (χ0) is 19.1. The van der Waals surface area contributed by atoms with Gasteiger partial charge in [-0.15, -0.1) is 0 Å². The average Bonchev–Trinajstić information content (AvgIpc) is 3.14. The van der Waals surface area contributed by atoms with Gasteiger partial charge in [0.2, 0.25) is 5.91 Å². The Morgan fingerprint density at radius 3 is 2.89 bits per heavy atom. The van der Waals surface area contributed by atoms with Crippen molar-refractivity contribution < 1.29 is 23.2 Å². The van der Waals surface area contributed by atoms with Crippen molar-refractivity contribution in [2.45, 2.75) is 31.8 Å². The van der Waals surface area contributed by atoms with Crippen molar-refractivity contribution in [1.82, 2.24) is 15.0 Å². The molecule has 2 heterocycles. The smallest absolute Gasteiger partial charge is 0.252 e. The predicted octanol–water partition coefficient (Wildman–Crippen LogP) is 2.32. The topological polar surface area (TPSA) is 77.7 Å². The number of nitrogens with zero attached hydrogens (tertiary/aromatic N) is 3. The third kappa shape index (κ3) is 5.58. The molecule has 0 aliphatic carbocycles. The number of benzene rings is 1. The van der Waals surface area contributed by atoms with Crippen molar-refractivity contribution in [3.63, 3.8) is 0 Å². The van der Waals surface area contributed by atoms with Crippen LogP contribution < -0.4 is 0 Å². The molecule has 0 bridgehead atoms. The fourth-order valence-corrected chi connectivity index (χ4v) is 3.11. The first-order valence-corrected chi connectivity index (χ1v) is 9.07. The minimum Gasteiger partial charge on any atom is -0.382 e. The van der Waals surface area contributed by atoms with E-state index >= 15 is 0 Å². The van der Waals surface area contributed by atoms with Crippen LogP contribution in [0, 0.1) is 5.82 Å². The first-order chi connectivity index (χ1) is 13.2. The molecule has 1 aliphatic heterocycles. The molecule has 0 atom stereocenters. The Balaban J connectivity index is 1.46. The second-order valence-corrected chi connectivity index (χ2v) is 6.55. The van der Waals surface area contributed by atoms with Gasteiger partial charge in [0.25, 0.3) is 5.89 Å². The van der Waals surface area contributed by atoms with E-state index in [1.54, 1.807) is 19.2 Å². The van der Waals surface area contributed by atoms with E-state index in [0.29, 0.717) is 43.6 Å². The molecule has 2 aromatic rings. The molecule has 8 heteroatoms. The van der Waals surface area contributed by atoms with E-state index in [2.05, 4.69) is 10.1 Å². The number of methoxy groups -OCH3 is 1. The Kier molecular flexibility index (Phi) is 6.89. The molecule has 3 rings (SSSR count). The first kappa shape index (κ1) is 19.4. The summed E-state index contributed by atoms with van der Waals surface area (Å²) in [5.41, 5.74) is 0.693. The molecule has 1 fully saturated rings. The van der Waals surface area contributed by atoms with Crippen molar-refractivity contribution in [2.24, 2.45) is 0 Å². The van der Waals surface area contributed by atoms with E-state index in [4.69, 9.17) is 14.0 Å². The number of amides is 1. The van der Waals surface area contributed by atoms with Gasteiger partial charge in [0, 0.05) is 26.1 Å². The van der Waals surface area contributed by atoms with Crippen LogP contribution in [0.4, 0.5) is 4.39 Å². The summed E-state index contributed by atoms with van der Waals surface area (Å²) in [5, 5.41) is 4.04. The average molecular weight is 377 g/mol. The molecule has 1 saturated heterocycles. The molecule has 0 saturated carbocycles. The molecular formula is C19H24FN3O4. The van der Waals surface area contributed by atoms with Gasteiger partial charge >= 0.3 is 0 Å². The highest BCUT2D eigenvalue weighted by Crippen LogP contribution is 2.26. The number of piperidine rings is 1. The monoisotopic (exact) mass is 377 g/mol. The van der Waals surface area contributed by atoms with E-state index in [-0.39, 0.29) is 30.7 Å². The Labute approximate surface area is 157 Å². The number of likely N-dealkylation sites (tertiary alicyclic amines) is 1. The van der Waals surface area contributed by atoms with Crippen LogP contribution in [0.1, 0.15) is 36.0 Å². The summed E-state index contributed by atoms with van der Waals surface area (Å²) >= 11 is 0. The lowest BCUT2D eigenvalue weighted by Gasteiger charge is -2.30.